The maximum atomic E-state index is 15.3. The third-order valence-corrected chi connectivity index (χ3v) is 5.78. The molecule has 4 nitrogen and oxygen atoms in total. The van der Waals surface area contributed by atoms with Gasteiger partial charge in [-0.1, -0.05) is 48.0 Å². The minimum atomic E-state index is -3.23. The Kier molecular flexibility index (Phi) is 5.12. The highest BCUT2D eigenvalue weighted by molar-refractivity contribution is 5.82. The van der Waals surface area contributed by atoms with E-state index in [2.05, 4.69) is 0 Å². The van der Waals surface area contributed by atoms with E-state index in [9.17, 15) is 13.6 Å². The standard InChI is InChI=1S/C22H23F3N2O2/c1-13-4-2-5-14(10-13)16-7-3-6-15(19(16)23)11-17-20(26)22(24,25)12-27(17)21(28)18-8-9-29-18/h2-7,10,17-18,20H,8-9,11-12,26H2,1H3/t17-,18?,20+/m0/s1. The average Bonchev–Trinajstić information content (AvgIpc) is 2.85. The molecule has 7 heteroatoms. The Morgan fingerprint density at radius 3 is 2.66 bits per heavy atom. The molecule has 2 N–H and O–H groups in total. The van der Waals surface area contributed by atoms with Gasteiger partial charge in [0.25, 0.3) is 11.8 Å². The Labute approximate surface area is 167 Å². The molecule has 0 bridgehead atoms. The van der Waals surface area contributed by atoms with E-state index in [1.54, 1.807) is 24.3 Å². The third kappa shape index (κ3) is 3.65. The fraction of sp³-hybridized carbons (Fsp3) is 0.409. The highest BCUT2D eigenvalue weighted by Gasteiger charge is 2.55. The van der Waals surface area contributed by atoms with Crippen molar-refractivity contribution >= 4 is 5.91 Å². The lowest BCUT2D eigenvalue weighted by Gasteiger charge is -2.33. The highest BCUT2D eigenvalue weighted by atomic mass is 19.3. The van der Waals surface area contributed by atoms with Crippen LogP contribution in [0.25, 0.3) is 11.1 Å². The molecule has 0 aliphatic carbocycles. The minimum absolute atomic E-state index is 0.0826. The first-order chi connectivity index (χ1) is 13.8. The summed E-state index contributed by atoms with van der Waals surface area (Å²) in [6, 6.07) is 9.76. The Morgan fingerprint density at radius 2 is 2.00 bits per heavy atom. The normalized spacial score (nSPS) is 25.7. The summed E-state index contributed by atoms with van der Waals surface area (Å²) in [5.74, 6) is -4.20. The smallest absolute Gasteiger partial charge is 0.282 e. The summed E-state index contributed by atoms with van der Waals surface area (Å²) in [6.45, 7) is 1.58. The lowest BCUT2D eigenvalue weighted by molar-refractivity contribution is -0.158. The summed E-state index contributed by atoms with van der Waals surface area (Å²) >= 11 is 0. The molecule has 0 aromatic heterocycles. The van der Waals surface area contributed by atoms with E-state index in [-0.39, 0.29) is 12.0 Å². The van der Waals surface area contributed by atoms with Crippen LogP contribution in [0, 0.1) is 12.7 Å². The monoisotopic (exact) mass is 404 g/mol. The molecule has 0 spiro atoms. The molecule has 0 saturated carbocycles. The molecule has 2 aromatic carbocycles. The zero-order valence-electron chi connectivity index (χ0n) is 16.1. The molecule has 2 saturated heterocycles. The average molecular weight is 404 g/mol. The van der Waals surface area contributed by atoms with Crippen molar-refractivity contribution in [2.75, 3.05) is 13.2 Å². The zero-order valence-corrected chi connectivity index (χ0v) is 16.1. The third-order valence-electron chi connectivity index (χ3n) is 5.78. The fourth-order valence-electron chi connectivity index (χ4n) is 4.02. The van der Waals surface area contributed by atoms with Gasteiger partial charge in [0.1, 0.15) is 11.9 Å². The van der Waals surface area contributed by atoms with Gasteiger partial charge >= 0.3 is 0 Å². The Morgan fingerprint density at radius 1 is 1.28 bits per heavy atom. The molecule has 2 heterocycles. The SMILES string of the molecule is Cc1cccc(-c2cccc(C[C@H]3[C@@H](N)C(F)(F)CN3C(=O)C3CCO3)c2F)c1. The quantitative estimate of drug-likeness (QED) is 0.851. The number of hydrogen-bond acceptors (Lipinski definition) is 3. The van der Waals surface area contributed by atoms with Gasteiger partial charge in [-0.15, -0.1) is 0 Å². The summed E-state index contributed by atoms with van der Waals surface area (Å²) in [4.78, 5) is 13.7. The van der Waals surface area contributed by atoms with Crippen molar-refractivity contribution in [3.63, 3.8) is 0 Å². The first-order valence-electron chi connectivity index (χ1n) is 9.68. The van der Waals surface area contributed by atoms with Crippen molar-refractivity contribution in [1.82, 2.24) is 4.90 Å². The fourth-order valence-corrected chi connectivity index (χ4v) is 4.02. The number of likely N-dealkylation sites (tertiary alicyclic amines) is 1. The predicted octanol–water partition coefficient (Wildman–Crippen LogP) is 3.31. The second-order valence-corrected chi connectivity index (χ2v) is 7.82. The minimum Gasteiger partial charge on any atom is -0.368 e. The van der Waals surface area contributed by atoms with Gasteiger partial charge in [-0.25, -0.2) is 13.2 Å². The molecule has 2 aliphatic rings. The topological polar surface area (TPSA) is 55.6 Å². The van der Waals surface area contributed by atoms with Gasteiger partial charge in [-0.05, 0) is 24.5 Å². The van der Waals surface area contributed by atoms with Crippen LogP contribution in [0.3, 0.4) is 0 Å². The second kappa shape index (κ2) is 7.46. The number of alkyl halides is 2. The molecule has 0 radical (unpaired) electrons. The Balaban J connectivity index is 1.64. The number of ether oxygens (including phenoxy) is 1. The number of carbonyl (C=O) groups is 1. The molecule has 2 fully saturated rings. The molecule has 4 rings (SSSR count). The lowest BCUT2D eigenvalue weighted by atomic mass is 9.94. The van der Waals surface area contributed by atoms with Crippen LogP contribution in [0.2, 0.25) is 0 Å². The van der Waals surface area contributed by atoms with Gasteiger partial charge < -0.3 is 15.4 Å². The molecule has 154 valence electrons. The first-order valence-corrected chi connectivity index (χ1v) is 9.68. The van der Waals surface area contributed by atoms with E-state index in [0.29, 0.717) is 24.2 Å². The lowest BCUT2D eigenvalue weighted by Crippen LogP contribution is -2.51. The highest BCUT2D eigenvalue weighted by Crippen LogP contribution is 2.36. The van der Waals surface area contributed by atoms with E-state index in [4.69, 9.17) is 10.5 Å². The summed E-state index contributed by atoms with van der Waals surface area (Å²) in [5.41, 5.74) is 8.15. The van der Waals surface area contributed by atoms with Gasteiger partial charge in [0.2, 0.25) is 0 Å². The van der Waals surface area contributed by atoms with Crippen LogP contribution in [-0.2, 0) is 16.0 Å². The number of rotatable bonds is 4. The maximum absolute atomic E-state index is 15.3. The Hall–Kier alpha value is -2.38. The van der Waals surface area contributed by atoms with Gasteiger partial charge in [0, 0.05) is 12.0 Å². The van der Waals surface area contributed by atoms with Crippen LogP contribution in [0.5, 0.6) is 0 Å². The molecule has 2 aliphatic heterocycles. The van der Waals surface area contributed by atoms with Crippen molar-refractivity contribution in [3.05, 3.63) is 59.4 Å². The van der Waals surface area contributed by atoms with Crippen molar-refractivity contribution in [1.29, 1.82) is 0 Å². The van der Waals surface area contributed by atoms with Crippen LogP contribution in [-0.4, -0.2) is 48.1 Å². The number of halogens is 3. The van der Waals surface area contributed by atoms with Gasteiger partial charge in [-0.3, -0.25) is 4.79 Å². The zero-order chi connectivity index (χ0) is 20.8. The van der Waals surface area contributed by atoms with Gasteiger partial charge in [0.15, 0.2) is 0 Å². The molecular formula is C22H23F3N2O2. The van der Waals surface area contributed by atoms with E-state index in [1.165, 1.54) is 0 Å². The van der Waals surface area contributed by atoms with Crippen LogP contribution >= 0.6 is 0 Å². The van der Waals surface area contributed by atoms with E-state index in [0.717, 1.165) is 10.5 Å². The van der Waals surface area contributed by atoms with Gasteiger partial charge in [0.05, 0.1) is 25.2 Å². The summed E-state index contributed by atoms with van der Waals surface area (Å²) in [7, 11) is 0. The number of carbonyl (C=O) groups excluding carboxylic acids is 1. The van der Waals surface area contributed by atoms with Crippen molar-refractivity contribution in [2.24, 2.45) is 5.73 Å². The number of nitrogens with two attached hydrogens (primary N) is 1. The summed E-state index contributed by atoms with van der Waals surface area (Å²) < 4.78 is 49.1. The number of amides is 1. The van der Waals surface area contributed by atoms with E-state index < -0.39 is 42.4 Å². The molecule has 1 amide bonds. The molecule has 1 unspecified atom stereocenters. The molecular weight excluding hydrogens is 381 g/mol. The van der Waals surface area contributed by atoms with Crippen LogP contribution in [0.1, 0.15) is 17.5 Å². The largest absolute Gasteiger partial charge is 0.368 e. The number of hydrogen-bond donors (Lipinski definition) is 1. The number of benzene rings is 2. The number of nitrogens with zero attached hydrogens (tertiary/aromatic N) is 1. The van der Waals surface area contributed by atoms with Crippen LogP contribution < -0.4 is 5.73 Å². The van der Waals surface area contributed by atoms with E-state index in [1.807, 2.05) is 25.1 Å². The predicted molar refractivity (Wildman–Crippen MR) is 103 cm³/mol. The van der Waals surface area contributed by atoms with Crippen molar-refractivity contribution in [3.8, 4) is 11.1 Å². The summed E-state index contributed by atoms with van der Waals surface area (Å²) in [6.07, 6.45) is -0.289. The van der Waals surface area contributed by atoms with E-state index >= 15 is 4.39 Å². The maximum Gasteiger partial charge on any atom is 0.282 e. The molecule has 29 heavy (non-hydrogen) atoms. The summed E-state index contributed by atoms with van der Waals surface area (Å²) in [5, 5.41) is 0. The molecule has 2 aromatic rings. The number of aryl methyl sites for hydroxylation is 1. The van der Waals surface area contributed by atoms with Crippen LogP contribution in [0.15, 0.2) is 42.5 Å². The Bertz CT molecular complexity index is 930. The second-order valence-electron chi connectivity index (χ2n) is 7.82. The van der Waals surface area contributed by atoms with Gasteiger partial charge in [-0.2, -0.15) is 0 Å². The molecule has 3 atom stereocenters. The first kappa shape index (κ1) is 19.9. The van der Waals surface area contributed by atoms with Crippen molar-refractivity contribution in [2.45, 2.75) is 43.9 Å². The van der Waals surface area contributed by atoms with Crippen LogP contribution in [0.4, 0.5) is 13.2 Å². The van der Waals surface area contributed by atoms with Crippen molar-refractivity contribution < 1.29 is 22.7 Å².